The molecule has 0 aliphatic carbocycles. The second kappa shape index (κ2) is 12.6. The number of hydrogen-bond acceptors (Lipinski definition) is 5. The van der Waals surface area contributed by atoms with Crippen LogP contribution in [0.2, 0.25) is 0 Å². The number of nitrogens with one attached hydrogen (secondary N) is 3. The normalized spacial score (nSPS) is 10.8. The van der Waals surface area contributed by atoms with Gasteiger partial charge in [-0.1, -0.05) is 72.3 Å². The van der Waals surface area contributed by atoms with Crippen LogP contribution < -0.4 is 16.1 Å². The minimum absolute atomic E-state index is 0.192. The molecule has 0 radical (unpaired) electrons. The van der Waals surface area contributed by atoms with Crippen LogP contribution in [0.1, 0.15) is 27.0 Å². The molecule has 0 bridgehead atoms. The van der Waals surface area contributed by atoms with Crippen molar-refractivity contribution in [3.63, 3.8) is 0 Å². The van der Waals surface area contributed by atoms with Crippen molar-refractivity contribution in [2.24, 2.45) is 5.10 Å². The quantitative estimate of drug-likeness (QED) is 0.139. The van der Waals surface area contributed by atoms with Crippen molar-refractivity contribution in [2.75, 3.05) is 10.6 Å². The molecule has 0 saturated heterocycles. The number of anilines is 2. The summed E-state index contributed by atoms with van der Waals surface area (Å²) in [5, 5.41) is 14.1. The SMILES string of the molecule is Cc1ccc(-c2nn(-c3ccccc3)cc2C=NNC(=O)C(=O)Nc2ccccc2C(=O)Nc2cccc(C)c2)cc1. The van der Waals surface area contributed by atoms with Crippen molar-refractivity contribution in [3.05, 3.63) is 132 Å². The zero-order chi connectivity index (χ0) is 29.5. The summed E-state index contributed by atoms with van der Waals surface area (Å²) < 4.78 is 1.73. The summed E-state index contributed by atoms with van der Waals surface area (Å²) in [7, 11) is 0. The Balaban J connectivity index is 1.29. The highest BCUT2D eigenvalue weighted by molar-refractivity contribution is 6.40. The molecule has 5 aromatic rings. The Bertz CT molecular complexity index is 1780. The number of aryl methyl sites for hydroxylation is 2. The second-order valence-electron chi connectivity index (χ2n) is 9.60. The highest BCUT2D eigenvalue weighted by Crippen LogP contribution is 2.23. The average molecular weight is 557 g/mol. The zero-order valence-electron chi connectivity index (χ0n) is 23.0. The summed E-state index contributed by atoms with van der Waals surface area (Å²) in [5.74, 6) is -2.39. The fraction of sp³-hybridized carbons (Fsp3) is 0.0606. The molecule has 3 amide bonds. The summed E-state index contributed by atoms with van der Waals surface area (Å²) in [6.45, 7) is 3.92. The molecule has 4 aromatic carbocycles. The summed E-state index contributed by atoms with van der Waals surface area (Å²) in [6, 6.07) is 31.3. The van der Waals surface area contributed by atoms with Gasteiger partial charge in [0.2, 0.25) is 0 Å². The summed E-state index contributed by atoms with van der Waals surface area (Å²) in [5.41, 5.74) is 8.43. The third-order valence-electron chi connectivity index (χ3n) is 6.36. The van der Waals surface area contributed by atoms with Crippen molar-refractivity contribution in [3.8, 4) is 16.9 Å². The van der Waals surface area contributed by atoms with E-state index >= 15 is 0 Å². The number of carbonyl (C=O) groups excluding carboxylic acids is 3. The molecule has 5 rings (SSSR count). The molecule has 0 fully saturated rings. The predicted molar refractivity (Wildman–Crippen MR) is 164 cm³/mol. The number of carbonyl (C=O) groups is 3. The molecule has 9 nitrogen and oxygen atoms in total. The number of hydrogen-bond donors (Lipinski definition) is 3. The molecule has 208 valence electrons. The molecule has 0 aliphatic rings. The van der Waals surface area contributed by atoms with E-state index in [2.05, 4.69) is 21.2 Å². The zero-order valence-corrected chi connectivity index (χ0v) is 23.0. The first kappa shape index (κ1) is 27.7. The van der Waals surface area contributed by atoms with Crippen LogP contribution in [0.3, 0.4) is 0 Å². The number of benzene rings is 4. The Morgan fingerprint density at radius 3 is 2.26 bits per heavy atom. The van der Waals surface area contributed by atoms with Crippen molar-refractivity contribution in [1.82, 2.24) is 15.2 Å². The second-order valence-corrected chi connectivity index (χ2v) is 9.60. The van der Waals surface area contributed by atoms with Gasteiger partial charge in [0, 0.05) is 23.0 Å². The molecule has 1 aromatic heterocycles. The number of rotatable bonds is 7. The maximum absolute atomic E-state index is 12.9. The molecule has 3 N–H and O–H groups in total. The van der Waals surface area contributed by atoms with Gasteiger partial charge in [-0.25, -0.2) is 10.1 Å². The van der Waals surface area contributed by atoms with Gasteiger partial charge in [0.25, 0.3) is 5.91 Å². The van der Waals surface area contributed by atoms with E-state index in [0.29, 0.717) is 16.9 Å². The molecular weight excluding hydrogens is 528 g/mol. The molecular formula is C33H28N6O3. The first-order valence-corrected chi connectivity index (χ1v) is 13.2. The maximum Gasteiger partial charge on any atom is 0.329 e. The van der Waals surface area contributed by atoms with Gasteiger partial charge in [-0.2, -0.15) is 10.2 Å². The molecule has 0 atom stereocenters. The van der Waals surface area contributed by atoms with E-state index in [4.69, 9.17) is 5.10 Å². The van der Waals surface area contributed by atoms with Crippen molar-refractivity contribution < 1.29 is 14.4 Å². The van der Waals surface area contributed by atoms with Crippen molar-refractivity contribution in [2.45, 2.75) is 13.8 Å². The van der Waals surface area contributed by atoms with Crippen LogP contribution in [0.5, 0.6) is 0 Å². The number of amides is 3. The van der Waals surface area contributed by atoms with E-state index in [-0.39, 0.29) is 11.3 Å². The lowest BCUT2D eigenvalue weighted by Crippen LogP contribution is -2.33. The number of aromatic nitrogens is 2. The van der Waals surface area contributed by atoms with E-state index in [9.17, 15) is 14.4 Å². The van der Waals surface area contributed by atoms with Crippen LogP contribution in [0, 0.1) is 13.8 Å². The van der Waals surface area contributed by atoms with Gasteiger partial charge < -0.3 is 10.6 Å². The lowest BCUT2D eigenvalue weighted by molar-refractivity contribution is -0.136. The molecule has 0 spiro atoms. The highest BCUT2D eigenvalue weighted by atomic mass is 16.2. The molecule has 0 saturated carbocycles. The average Bonchev–Trinajstić information content (AvgIpc) is 3.42. The fourth-order valence-corrected chi connectivity index (χ4v) is 4.23. The Morgan fingerprint density at radius 1 is 0.762 bits per heavy atom. The maximum atomic E-state index is 12.9. The Morgan fingerprint density at radius 2 is 1.50 bits per heavy atom. The minimum atomic E-state index is -0.993. The lowest BCUT2D eigenvalue weighted by Gasteiger charge is -2.11. The van der Waals surface area contributed by atoms with Gasteiger partial charge in [-0.05, 0) is 55.8 Å². The van der Waals surface area contributed by atoms with E-state index in [1.807, 2.05) is 86.6 Å². The van der Waals surface area contributed by atoms with Gasteiger partial charge in [-0.3, -0.25) is 14.4 Å². The molecule has 0 aliphatic heterocycles. The van der Waals surface area contributed by atoms with Crippen molar-refractivity contribution in [1.29, 1.82) is 0 Å². The molecule has 42 heavy (non-hydrogen) atoms. The standard InChI is InChI=1S/C33H28N6O3/c1-22-15-17-24(18-16-22)30-25(21-39(38-30)27-11-4-3-5-12-27)20-34-37-33(42)32(41)36-29-14-7-6-13-28(29)31(40)35-26-10-8-9-23(2)19-26/h3-21H,1-2H3,(H,35,40)(H,36,41)(H,37,42). The van der Waals surface area contributed by atoms with Gasteiger partial charge >= 0.3 is 11.8 Å². The monoisotopic (exact) mass is 556 g/mol. The molecule has 0 unspecified atom stereocenters. The van der Waals surface area contributed by atoms with E-state index in [1.165, 1.54) is 6.21 Å². The van der Waals surface area contributed by atoms with Gasteiger partial charge in [0.05, 0.1) is 23.2 Å². The molecule has 1 heterocycles. The predicted octanol–water partition coefficient (Wildman–Crippen LogP) is 5.50. The molecule has 9 heteroatoms. The third kappa shape index (κ3) is 6.65. The smallest absolute Gasteiger partial charge is 0.322 e. The summed E-state index contributed by atoms with van der Waals surface area (Å²) >= 11 is 0. The first-order chi connectivity index (χ1) is 20.4. The van der Waals surface area contributed by atoms with Gasteiger partial charge in [-0.15, -0.1) is 0 Å². The van der Waals surface area contributed by atoms with Crippen LogP contribution >= 0.6 is 0 Å². The van der Waals surface area contributed by atoms with Crippen LogP contribution in [0.15, 0.2) is 114 Å². The Hall–Kier alpha value is -5.83. The van der Waals surface area contributed by atoms with Crippen LogP contribution in [-0.2, 0) is 9.59 Å². The fourth-order valence-electron chi connectivity index (χ4n) is 4.23. The van der Waals surface area contributed by atoms with E-state index in [1.54, 1.807) is 41.2 Å². The first-order valence-electron chi connectivity index (χ1n) is 13.2. The largest absolute Gasteiger partial charge is 0.329 e. The highest BCUT2D eigenvalue weighted by Gasteiger charge is 2.18. The minimum Gasteiger partial charge on any atom is -0.322 e. The lowest BCUT2D eigenvalue weighted by atomic mass is 10.1. The summed E-state index contributed by atoms with van der Waals surface area (Å²) in [4.78, 5) is 38.2. The summed E-state index contributed by atoms with van der Waals surface area (Å²) in [6.07, 6.45) is 3.24. The Kier molecular flexibility index (Phi) is 8.29. The van der Waals surface area contributed by atoms with E-state index in [0.717, 1.165) is 22.4 Å². The van der Waals surface area contributed by atoms with Crippen molar-refractivity contribution >= 4 is 35.3 Å². The number of nitrogens with zero attached hydrogens (tertiary/aromatic N) is 3. The Labute approximate surface area is 242 Å². The van der Waals surface area contributed by atoms with Gasteiger partial charge in [0.1, 0.15) is 5.69 Å². The number of hydrazone groups is 1. The number of para-hydroxylation sites is 2. The van der Waals surface area contributed by atoms with Gasteiger partial charge in [0.15, 0.2) is 0 Å². The topological polar surface area (TPSA) is 117 Å². The van der Waals surface area contributed by atoms with Crippen LogP contribution in [-0.4, -0.2) is 33.7 Å². The third-order valence-corrected chi connectivity index (χ3v) is 6.36. The van der Waals surface area contributed by atoms with Crippen LogP contribution in [0.25, 0.3) is 16.9 Å². The van der Waals surface area contributed by atoms with E-state index < -0.39 is 17.7 Å². The van der Waals surface area contributed by atoms with Crippen LogP contribution in [0.4, 0.5) is 11.4 Å².